The summed E-state index contributed by atoms with van der Waals surface area (Å²) in [5.41, 5.74) is 4.69. The minimum absolute atomic E-state index is 0.0319. The van der Waals surface area contributed by atoms with Gasteiger partial charge in [0.05, 0.1) is 19.6 Å². The molecule has 0 aliphatic carbocycles. The Balaban J connectivity index is 1.67. The summed E-state index contributed by atoms with van der Waals surface area (Å²) < 4.78 is 5.14. The number of fused-ring (bicyclic) bond motifs is 1. The number of carbonyl (C=O) groups is 1. The van der Waals surface area contributed by atoms with Crippen molar-refractivity contribution >= 4 is 5.91 Å². The number of amides is 1. The first-order chi connectivity index (χ1) is 11.2. The molecule has 1 aliphatic heterocycles. The third-order valence-electron chi connectivity index (χ3n) is 4.20. The van der Waals surface area contributed by atoms with Gasteiger partial charge in [-0.25, -0.2) is 0 Å². The molecule has 1 unspecified atom stereocenters. The van der Waals surface area contributed by atoms with Gasteiger partial charge in [-0.1, -0.05) is 35.9 Å². The summed E-state index contributed by atoms with van der Waals surface area (Å²) in [5.74, 6) is 0.839. The largest absolute Gasteiger partial charge is 0.497 e. The third-order valence-corrected chi connectivity index (χ3v) is 4.20. The van der Waals surface area contributed by atoms with Crippen molar-refractivity contribution in [1.29, 1.82) is 0 Å². The molecular weight excluding hydrogens is 288 g/mol. The second-order valence-corrected chi connectivity index (χ2v) is 5.98. The van der Waals surface area contributed by atoms with Crippen LogP contribution in [-0.4, -0.2) is 19.6 Å². The Morgan fingerprint density at radius 3 is 2.78 bits per heavy atom. The maximum Gasteiger partial charge on any atom is 0.224 e. The summed E-state index contributed by atoms with van der Waals surface area (Å²) in [6.07, 6.45) is 0.377. The first-order valence-corrected chi connectivity index (χ1v) is 7.88. The van der Waals surface area contributed by atoms with E-state index in [-0.39, 0.29) is 11.9 Å². The van der Waals surface area contributed by atoms with E-state index in [1.807, 2.05) is 24.3 Å². The van der Waals surface area contributed by atoms with E-state index in [0.717, 1.165) is 24.4 Å². The standard InChI is InChI=1S/C19H22N2O2/c1-13-3-6-15-11-20-12-18(17(15)9-13)21-19(22)10-14-4-7-16(23-2)8-5-14/h3-9,18,20H,10-12H2,1-2H3,(H,21,22). The zero-order valence-corrected chi connectivity index (χ0v) is 13.6. The normalized spacial score (nSPS) is 16.5. The molecule has 0 radical (unpaired) electrons. The molecule has 0 aromatic heterocycles. The van der Waals surface area contributed by atoms with Crippen molar-refractivity contribution in [1.82, 2.24) is 10.6 Å². The minimum atomic E-state index is 0.0319. The highest BCUT2D eigenvalue weighted by Gasteiger charge is 2.21. The van der Waals surface area contributed by atoms with Crippen LogP contribution >= 0.6 is 0 Å². The highest BCUT2D eigenvalue weighted by atomic mass is 16.5. The summed E-state index contributed by atoms with van der Waals surface area (Å²) in [4.78, 5) is 12.4. The lowest BCUT2D eigenvalue weighted by Crippen LogP contribution is -2.40. The molecule has 0 saturated carbocycles. The van der Waals surface area contributed by atoms with Crippen LogP contribution in [0.2, 0.25) is 0 Å². The summed E-state index contributed by atoms with van der Waals surface area (Å²) in [6, 6.07) is 14.1. The fourth-order valence-electron chi connectivity index (χ4n) is 2.96. The fraction of sp³-hybridized carbons (Fsp3) is 0.316. The zero-order chi connectivity index (χ0) is 16.2. The molecule has 120 valence electrons. The van der Waals surface area contributed by atoms with Crippen LogP contribution in [0.5, 0.6) is 5.75 Å². The number of methoxy groups -OCH3 is 1. The van der Waals surface area contributed by atoms with Gasteiger partial charge in [0.2, 0.25) is 5.91 Å². The van der Waals surface area contributed by atoms with Crippen molar-refractivity contribution in [2.24, 2.45) is 0 Å². The van der Waals surface area contributed by atoms with E-state index < -0.39 is 0 Å². The zero-order valence-electron chi connectivity index (χ0n) is 13.6. The Kier molecular flexibility index (Phi) is 4.63. The molecule has 4 nitrogen and oxygen atoms in total. The number of aryl methyl sites for hydroxylation is 1. The number of ether oxygens (including phenoxy) is 1. The first-order valence-electron chi connectivity index (χ1n) is 7.88. The predicted molar refractivity (Wildman–Crippen MR) is 90.5 cm³/mol. The molecule has 3 rings (SSSR count). The molecule has 4 heteroatoms. The second kappa shape index (κ2) is 6.84. The highest BCUT2D eigenvalue weighted by Crippen LogP contribution is 2.23. The number of carbonyl (C=O) groups excluding carboxylic acids is 1. The van der Waals surface area contributed by atoms with Gasteiger partial charge in [-0.3, -0.25) is 4.79 Å². The summed E-state index contributed by atoms with van der Waals surface area (Å²) in [7, 11) is 1.64. The van der Waals surface area contributed by atoms with Gasteiger partial charge < -0.3 is 15.4 Å². The molecule has 1 aliphatic rings. The molecule has 1 amide bonds. The van der Waals surface area contributed by atoms with Crippen LogP contribution in [0.15, 0.2) is 42.5 Å². The van der Waals surface area contributed by atoms with Crippen molar-refractivity contribution in [2.75, 3.05) is 13.7 Å². The van der Waals surface area contributed by atoms with Crippen LogP contribution in [-0.2, 0) is 17.8 Å². The molecule has 0 bridgehead atoms. The molecule has 2 aromatic carbocycles. The molecule has 1 heterocycles. The summed E-state index contributed by atoms with van der Waals surface area (Å²) in [5, 5.41) is 6.51. The number of nitrogens with one attached hydrogen (secondary N) is 2. The van der Waals surface area contributed by atoms with Gasteiger partial charge in [0.15, 0.2) is 0 Å². The van der Waals surface area contributed by atoms with E-state index in [9.17, 15) is 4.79 Å². The monoisotopic (exact) mass is 310 g/mol. The lowest BCUT2D eigenvalue weighted by Gasteiger charge is -2.27. The van der Waals surface area contributed by atoms with Crippen molar-refractivity contribution in [3.05, 3.63) is 64.7 Å². The Hall–Kier alpha value is -2.33. The van der Waals surface area contributed by atoms with Crippen molar-refractivity contribution < 1.29 is 9.53 Å². The van der Waals surface area contributed by atoms with E-state index >= 15 is 0 Å². The maximum absolute atomic E-state index is 12.4. The third kappa shape index (κ3) is 3.71. The smallest absolute Gasteiger partial charge is 0.224 e. The van der Waals surface area contributed by atoms with E-state index in [2.05, 4.69) is 35.8 Å². The molecule has 0 saturated heterocycles. The van der Waals surface area contributed by atoms with E-state index in [1.165, 1.54) is 16.7 Å². The Bertz CT molecular complexity index is 695. The van der Waals surface area contributed by atoms with Gasteiger partial charge >= 0.3 is 0 Å². The summed E-state index contributed by atoms with van der Waals surface area (Å²) in [6.45, 7) is 3.71. The minimum Gasteiger partial charge on any atom is -0.497 e. The highest BCUT2D eigenvalue weighted by molar-refractivity contribution is 5.79. The van der Waals surface area contributed by atoms with Crippen LogP contribution in [0.25, 0.3) is 0 Å². The lowest BCUT2D eigenvalue weighted by atomic mass is 9.94. The van der Waals surface area contributed by atoms with Gasteiger partial charge in [-0.2, -0.15) is 0 Å². The van der Waals surface area contributed by atoms with E-state index in [0.29, 0.717) is 6.42 Å². The number of hydrogen-bond acceptors (Lipinski definition) is 3. The van der Waals surface area contributed by atoms with Gasteiger partial charge in [-0.05, 0) is 35.7 Å². The average Bonchev–Trinajstić information content (AvgIpc) is 2.56. The Morgan fingerprint density at radius 2 is 2.04 bits per heavy atom. The Labute approximate surface area is 136 Å². The van der Waals surface area contributed by atoms with E-state index in [1.54, 1.807) is 7.11 Å². The fourth-order valence-corrected chi connectivity index (χ4v) is 2.96. The molecular formula is C19H22N2O2. The first kappa shape index (κ1) is 15.6. The van der Waals surface area contributed by atoms with Crippen LogP contribution in [0, 0.1) is 6.92 Å². The second-order valence-electron chi connectivity index (χ2n) is 5.98. The van der Waals surface area contributed by atoms with Crippen LogP contribution in [0.1, 0.15) is 28.3 Å². The quantitative estimate of drug-likeness (QED) is 0.912. The topological polar surface area (TPSA) is 50.4 Å². The van der Waals surface area contributed by atoms with Crippen molar-refractivity contribution in [3.8, 4) is 5.75 Å². The Morgan fingerprint density at radius 1 is 1.26 bits per heavy atom. The van der Waals surface area contributed by atoms with Gasteiger partial charge in [0.1, 0.15) is 5.75 Å². The number of rotatable bonds is 4. The van der Waals surface area contributed by atoms with Crippen molar-refractivity contribution in [3.63, 3.8) is 0 Å². The SMILES string of the molecule is COc1ccc(CC(=O)NC2CNCc3ccc(C)cc32)cc1. The van der Waals surface area contributed by atoms with Crippen LogP contribution < -0.4 is 15.4 Å². The summed E-state index contributed by atoms with van der Waals surface area (Å²) >= 11 is 0. The average molecular weight is 310 g/mol. The van der Waals surface area contributed by atoms with E-state index in [4.69, 9.17) is 4.74 Å². The van der Waals surface area contributed by atoms with Crippen LogP contribution in [0.4, 0.5) is 0 Å². The van der Waals surface area contributed by atoms with Crippen LogP contribution in [0.3, 0.4) is 0 Å². The molecule has 0 spiro atoms. The van der Waals surface area contributed by atoms with Crippen molar-refractivity contribution in [2.45, 2.75) is 25.9 Å². The molecule has 2 aromatic rings. The van der Waals surface area contributed by atoms with Gasteiger partial charge in [0.25, 0.3) is 0 Å². The number of benzene rings is 2. The van der Waals surface area contributed by atoms with Gasteiger partial charge in [0, 0.05) is 13.1 Å². The molecule has 2 N–H and O–H groups in total. The maximum atomic E-state index is 12.4. The van der Waals surface area contributed by atoms with Gasteiger partial charge in [-0.15, -0.1) is 0 Å². The molecule has 1 atom stereocenters. The molecule has 23 heavy (non-hydrogen) atoms. The predicted octanol–water partition coefficient (Wildman–Crippen LogP) is 2.51. The number of hydrogen-bond donors (Lipinski definition) is 2. The molecule has 0 fully saturated rings. The lowest BCUT2D eigenvalue weighted by molar-refractivity contribution is -0.121.